The second-order valence-corrected chi connectivity index (χ2v) is 21.4. The summed E-state index contributed by atoms with van der Waals surface area (Å²) in [6, 6.07) is -0.563. The Morgan fingerprint density at radius 2 is 0.714 bits per heavy atom. The molecule has 0 aliphatic rings. The number of aliphatic hydroxyl groups excluding tert-OH is 2. The van der Waals surface area contributed by atoms with E-state index < -0.39 is 12.1 Å². The maximum absolute atomic E-state index is 12.5. The van der Waals surface area contributed by atoms with Gasteiger partial charge in [-0.15, -0.1) is 0 Å². The Labute approximate surface area is 436 Å². The van der Waals surface area contributed by atoms with Crippen LogP contribution in [0.1, 0.15) is 335 Å². The molecule has 0 saturated heterocycles. The standard InChI is InChI=1S/C64H121NO5/c1-3-5-7-9-11-13-15-17-19-21-23-24-25-26-27-28-30-32-36-40-44-48-52-56-62(67)61(60-66)65-63(68)57-53-49-45-41-37-34-35-39-43-47-51-55-59-70-64(69)58-54-50-46-42-38-33-31-29-22-20-18-16-14-12-10-8-6-4-2/h14,16,20,22,35,39,61-62,66-67H,3-13,15,17-19,21,23-34,36-38,40-60H2,1-2H3,(H,65,68)/b16-14-,22-20-,39-35-. The minimum atomic E-state index is -0.683. The predicted molar refractivity (Wildman–Crippen MR) is 306 cm³/mol. The molecule has 0 saturated carbocycles. The van der Waals surface area contributed by atoms with Crippen LogP contribution in [0, 0.1) is 0 Å². The molecule has 1 amide bonds. The highest BCUT2D eigenvalue weighted by Gasteiger charge is 2.20. The number of carbonyl (C=O) groups excluding carboxylic acids is 2. The van der Waals surface area contributed by atoms with Crippen molar-refractivity contribution in [3.8, 4) is 0 Å². The lowest BCUT2D eigenvalue weighted by molar-refractivity contribution is -0.143. The first kappa shape index (κ1) is 68.1. The number of allylic oxidation sites excluding steroid dienone is 6. The Morgan fingerprint density at radius 3 is 1.11 bits per heavy atom. The van der Waals surface area contributed by atoms with E-state index in [2.05, 4.69) is 55.6 Å². The number of carbonyl (C=O) groups is 2. The summed E-state index contributed by atoms with van der Waals surface area (Å²) < 4.78 is 5.46. The van der Waals surface area contributed by atoms with Crippen molar-refractivity contribution in [1.82, 2.24) is 5.32 Å². The van der Waals surface area contributed by atoms with Gasteiger partial charge in [0.2, 0.25) is 5.91 Å². The third kappa shape index (κ3) is 55.4. The molecule has 0 rings (SSSR count). The van der Waals surface area contributed by atoms with Crippen molar-refractivity contribution in [2.24, 2.45) is 0 Å². The van der Waals surface area contributed by atoms with Crippen molar-refractivity contribution in [1.29, 1.82) is 0 Å². The highest BCUT2D eigenvalue weighted by molar-refractivity contribution is 5.76. The lowest BCUT2D eigenvalue weighted by Crippen LogP contribution is -2.45. The summed E-state index contributed by atoms with van der Waals surface area (Å²) >= 11 is 0. The van der Waals surface area contributed by atoms with Gasteiger partial charge in [-0.25, -0.2) is 0 Å². The first-order valence-electron chi connectivity index (χ1n) is 31.2. The molecule has 2 atom stereocenters. The summed E-state index contributed by atoms with van der Waals surface area (Å²) in [5, 5.41) is 23.4. The highest BCUT2D eigenvalue weighted by atomic mass is 16.5. The molecule has 6 nitrogen and oxygen atoms in total. The van der Waals surface area contributed by atoms with Crippen LogP contribution in [-0.2, 0) is 14.3 Å². The van der Waals surface area contributed by atoms with Gasteiger partial charge in [-0.05, 0) is 89.9 Å². The van der Waals surface area contributed by atoms with Gasteiger partial charge in [-0.1, -0.05) is 269 Å². The molecule has 2 unspecified atom stereocenters. The maximum atomic E-state index is 12.5. The van der Waals surface area contributed by atoms with Gasteiger partial charge in [0, 0.05) is 12.8 Å². The second-order valence-electron chi connectivity index (χ2n) is 21.4. The van der Waals surface area contributed by atoms with Crippen LogP contribution >= 0.6 is 0 Å². The van der Waals surface area contributed by atoms with Crippen LogP contribution < -0.4 is 5.32 Å². The second kappa shape index (κ2) is 59.6. The molecule has 412 valence electrons. The maximum Gasteiger partial charge on any atom is 0.305 e. The fraction of sp³-hybridized carbons (Fsp3) is 0.875. The van der Waals surface area contributed by atoms with Crippen LogP contribution in [0.3, 0.4) is 0 Å². The average Bonchev–Trinajstić information content (AvgIpc) is 3.36. The minimum Gasteiger partial charge on any atom is -0.466 e. The fourth-order valence-corrected chi connectivity index (χ4v) is 9.61. The van der Waals surface area contributed by atoms with Crippen LogP contribution in [0.4, 0.5) is 0 Å². The van der Waals surface area contributed by atoms with E-state index >= 15 is 0 Å². The number of ether oxygens (including phenoxy) is 1. The molecule has 3 N–H and O–H groups in total. The monoisotopic (exact) mass is 984 g/mol. The van der Waals surface area contributed by atoms with Gasteiger partial charge in [-0.3, -0.25) is 9.59 Å². The summed E-state index contributed by atoms with van der Waals surface area (Å²) in [7, 11) is 0. The Bertz CT molecular complexity index is 1130. The van der Waals surface area contributed by atoms with Crippen LogP contribution in [0.15, 0.2) is 36.5 Å². The minimum absolute atomic E-state index is 0.0293. The van der Waals surface area contributed by atoms with Crippen molar-refractivity contribution < 1.29 is 24.5 Å². The number of amides is 1. The third-order valence-electron chi connectivity index (χ3n) is 14.4. The summed E-state index contributed by atoms with van der Waals surface area (Å²) in [5.74, 6) is -0.0878. The molecule has 0 aliphatic carbocycles. The number of hydrogen-bond donors (Lipinski definition) is 3. The molecular weight excluding hydrogens is 863 g/mol. The first-order valence-corrected chi connectivity index (χ1v) is 31.2. The number of rotatable bonds is 58. The molecule has 0 aliphatic heterocycles. The Morgan fingerprint density at radius 1 is 0.400 bits per heavy atom. The Hall–Kier alpha value is -1.92. The topological polar surface area (TPSA) is 95.9 Å². The number of unbranched alkanes of at least 4 members (excludes halogenated alkanes) is 41. The van der Waals surface area contributed by atoms with Gasteiger partial charge in [-0.2, -0.15) is 0 Å². The largest absolute Gasteiger partial charge is 0.466 e. The van der Waals surface area contributed by atoms with E-state index in [0.29, 0.717) is 25.9 Å². The molecule has 70 heavy (non-hydrogen) atoms. The molecule has 0 radical (unpaired) electrons. The molecule has 0 aromatic rings. The van der Waals surface area contributed by atoms with Crippen molar-refractivity contribution in [2.75, 3.05) is 13.2 Å². The van der Waals surface area contributed by atoms with Gasteiger partial charge in [0.25, 0.3) is 0 Å². The summed E-state index contributed by atoms with van der Waals surface area (Å²) in [5.41, 5.74) is 0. The summed E-state index contributed by atoms with van der Waals surface area (Å²) in [6.07, 6.45) is 74.3. The van der Waals surface area contributed by atoms with Crippen LogP contribution in [0.2, 0.25) is 0 Å². The number of nitrogens with one attached hydrogen (secondary N) is 1. The van der Waals surface area contributed by atoms with Gasteiger partial charge in [0.05, 0.1) is 25.4 Å². The first-order chi connectivity index (χ1) is 34.5. The molecule has 0 fully saturated rings. The van der Waals surface area contributed by atoms with E-state index in [4.69, 9.17) is 4.74 Å². The van der Waals surface area contributed by atoms with Crippen LogP contribution in [0.5, 0.6) is 0 Å². The van der Waals surface area contributed by atoms with Crippen molar-refractivity contribution in [2.45, 2.75) is 347 Å². The normalized spacial score (nSPS) is 12.8. The molecule has 0 spiro atoms. The van der Waals surface area contributed by atoms with E-state index in [1.807, 2.05) is 0 Å². The van der Waals surface area contributed by atoms with Gasteiger partial charge in [0.1, 0.15) is 0 Å². The van der Waals surface area contributed by atoms with E-state index in [9.17, 15) is 19.8 Å². The smallest absolute Gasteiger partial charge is 0.305 e. The zero-order valence-electron chi connectivity index (χ0n) is 47.0. The van der Waals surface area contributed by atoms with Crippen molar-refractivity contribution >= 4 is 11.9 Å². The van der Waals surface area contributed by atoms with E-state index in [0.717, 1.165) is 83.5 Å². The van der Waals surface area contributed by atoms with Gasteiger partial charge in [0.15, 0.2) is 0 Å². The average molecular weight is 985 g/mol. The molecular formula is C64H121NO5. The summed E-state index contributed by atoms with van der Waals surface area (Å²) in [4.78, 5) is 24.6. The quantitative estimate of drug-likeness (QED) is 0.0321. The van der Waals surface area contributed by atoms with Crippen molar-refractivity contribution in [3.05, 3.63) is 36.5 Å². The molecule has 0 aromatic carbocycles. The predicted octanol–water partition coefficient (Wildman–Crippen LogP) is 19.6. The number of aliphatic hydroxyl groups is 2. The Balaban J connectivity index is 3.49. The Kier molecular flexibility index (Phi) is 58.0. The molecule has 6 heteroatoms. The zero-order chi connectivity index (χ0) is 50.7. The lowest BCUT2D eigenvalue weighted by Gasteiger charge is -2.22. The SMILES string of the molecule is CCCCCC/C=C\C/C=C\CCCCCCCCCC(=O)OCCCCC/C=C\CCCCCCCC(=O)NC(CO)C(O)CCCCCCCCCCCCCCCCCCCCCCCCC. The lowest BCUT2D eigenvalue weighted by atomic mass is 10.0. The van der Waals surface area contributed by atoms with E-state index in [1.54, 1.807) is 0 Å². The van der Waals surface area contributed by atoms with Gasteiger partial charge < -0.3 is 20.3 Å². The molecule has 0 aromatic heterocycles. The van der Waals surface area contributed by atoms with Gasteiger partial charge >= 0.3 is 5.97 Å². The highest BCUT2D eigenvalue weighted by Crippen LogP contribution is 2.18. The zero-order valence-corrected chi connectivity index (χ0v) is 47.0. The van der Waals surface area contributed by atoms with Crippen LogP contribution in [-0.4, -0.2) is 47.4 Å². The number of hydrogen-bond acceptors (Lipinski definition) is 5. The van der Waals surface area contributed by atoms with Crippen molar-refractivity contribution in [3.63, 3.8) is 0 Å². The number of esters is 1. The van der Waals surface area contributed by atoms with E-state index in [1.165, 1.54) is 218 Å². The molecule has 0 heterocycles. The van der Waals surface area contributed by atoms with Crippen LogP contribution in [0.25, 0.3) is 0 Å². The third-order valence-corrected chi connectivity index (χ3v) is 14.4. The van der Waals surface area contributed by atoms with E-state index in [-0.39, 0.29) is 18.5 Å². The summed E-state index contributed by atoms with van der Waals surface area (Å²) in [6.45, 7) is 4.89. The fourth-order valence-electron chi connectivity index (χ4n) is 9.61. The molecule has 0 bridgehead atoms.